The molecule has 81 valence electrons. The SMILES string of the molecule is CCCCCC[CH]CC1=CCCCC1. The third-order valence-electron chi connectivity index (χ3n) is 3.05. The van der Waals surface area contributed by atoms with E-state index in [4.69, 9.17) is 0 Å². The van der Waals surface area contributed by atoms with Crippen LogP contribution in [-0.2, 0) is 0 Å². The fraction of sp³-hybridized carbons (Fsp3) is 0.786. The highest BCUT2D eigenvalue weighted by atomic mass is 14.1. The third-order valence-corrected chi connectivity index (χ3v) is 3.05. The fourth-order valence-corrected chi connectivity index (χ4v) is 2.09. The van der Waals surface area contributed by atoms with Crippen LogP contribution in [0.15, 0.2) is 11.6 Å². The molecule has 1 radical (unpaired) electrons. The van der Waals surface area contributed by atoms with Crippen LogP contribution in [0.25, 0.3) is 0 Å². The van der Waals surface area contributed by atoms with Gasteiger partial charge in [-0.1, -0.05) is 44.3 Å². The zero-order valence-corrected chi connectivity index (χ0v) is 9.73. The third kappa shape index (κ3) is 5.47. The Morgan fingerprint density at radius 2 is 2.14 bits per heavy atom. The Hall–Kier alpha value is -0.260. The number of rotatable bonds is 7. The van der Waals surface area contributed by atoms with Gasteiger partial charge in [0.1, 0.15) is 0 Å². The molecule has 0 saturated heterocycles. The van der Waals surface area contributed by atoms with Crippen LogP contribution in [-0.4, -0.2) is 0 Å². The molecule has 1 rings (SSSR count). The number of hydrogen-bond donors (Lipinski definition) is 0. The van der Waals surface area contributed by atoms with Gasteiger partial charge in [0.25, 0.3) is 0 Å². The Labute approximate surface area is 89.8 Å². The first-order chi connectivity index (χ1) is 6.93. The van der Waals surface area contributed by atoms with Crippen LogP contribution in [0.2, 0.25) is 0 Å². The van der Waals surface area contributed by atoms with Crippen LogP contribution in [0.3, 0.4) is 0 Å². The average molecular weight is 193 g/mol. The van der Waals surface area contributed by atoms with Crippen molar-refractivity contribution in [1.82, 2.24) is 0 Å². The van der Waals surface area contributed by atoms with Crippen molar-refractivity contribution in [1.29, 1.82) is 0 Å². The lowest BCUT2D eigenvalue weighted by Gasteiger charge is -2.11. The molecular formula is C14H25. The van der Waals surface area contributed by atoms with Crippen molar-refractivity contribution in [2.75, 3.05) is 0 Å². The molecule has 0 amide bonds. The van der Waals surface area contributed by atoms with E-state index in [9.17, 15) is 0 Å². The van der Waals surface area contributed by atoms with E-state index in [1.54, 1.807) is 5.57 Å². The monoisotopic (exact) mass is 193 g/mol. The zero-order chi connectivity index (χ0) is 10.1. The first-order valence-corrected chi connectivity index (χ1v) is 6.43. The molecule has 14 heavy (non-hydrogen) atoms. The molecule has 0 aliphatic heterocycles. The molecule has 0 N–H and O–H groups in total. The molecule has 0 heteroatoms. The van der Waals surface area contributed by atoms with Gasteiger partial charge in [-0.2, -0.15) is 0 Å². The van der Waals surface area contributed by atoms with Gasteiger partial charge >= 0.3 is 0 Å². The molecule has 0 aromatic heterocycles. The molecule has 0 atom stereocenters. The average Bonchev–Trinajstić information content (AvgIpc) is 2.25. The Morgan fingerprint density at radius 1 is 1.21 bits per heavy atom. The first kappa shape index (κ1) is 11.8. The summed E-state index contributed by atoms with van der Waals surface area (Å²) in [6, 6.07) is 0. The van der Waals surface area contributed by atoms with Gasteiger partial charge in [0.15, 0.2) is 0 Å². The van der Waals surface area contributed by atoms with Crippen molar-refractivity contribution >= 4 is 0 Å². The summed E-state index contributed by atoms with van der Waals surface area (Å²) < 4.78 is 0. The Bertz CT molecular complexity index is 155. The molecule has 0 unspecified atom stereocenters. The molecule has 0 bridgehead atoms. The van der Waals surface area contributed by atoms with Crippen LogP contribution in [0.4, 0.5) is 0 Å². The molecule has 0 spiro atoms. The van der Waals surface area contributed by atoms with Crippen molar-refractivity contribution < 1.29 is 0 Å². The molecule has 0 saturated carbocycles. The second kappa shape index (κ2) is 8.08. The molecule has 1 aliphatic carbocycles. The highest BCUT2D eigenvalue weighted by Gasteiger charge is 2.02. The van der Waals surface area contributed by atoms with Gasteiger partial charge in [-0.3, -0.25) is 0 Å². The number of unbranched alkanes of at least 4 members (excludes halogenated alkanes) is 5. The maximum absolute atomic E-state index is 2.49. The molecule has 0 nitrogen and oxygen atoms in total. The van der Waals surface area contributed by atoms with E-state index in [1.165, 1.54) is 64.2 Å². The second-order valence-electron chi connectivity index (χ2n) is 4.45. The van der Waals surface area contributed by atoms with Gasteiger partial charge in [-0.15, -0.1) is 0 Å². The van der Waals surface area contributed by atoms with Crippen molar-refractivity contribution in [2.24, 2.45) is 0 Å². The van der Waals surface area contributed by atoms with Gasteiger partial charge in [-0.25, -0.2) is 0 Å². The fourth-order valence-electron chi connectivity index (χ4n) is 2.09. The van der Waals surface area contributed by atoms with Crippen LogP contribution >= 0.6 is 0 Å². The Morgan fingerprint density at radius 3 is 2.86 bits per heavy atom. The molecule has 0 fully saturated rings. The largest absolute Gasteiger partial charge is 0.0853 e. The van der Waals surface area contributed by atoms with Gasteiger partial charge in [0.05, 0.1) is 0 Å². The summed E-state index contributed by atoms with van der Waals surface area (Å²) in [5.74, 6) is 0. The van der Waals surface area contributed by atoms with E-state index >= 15 is 0 Å². The quantitative estimate of drug-likeness (QED) is 0.392. The van der Waals surface area contributed by atoms with Gasteiger partial charge < -0.3 is 0 Å². The topological polar surface area (TPSA) is 0 Å². The molecule has 0 aromatic carbocycles. The minimum absolute atomic E-state index is 1.27. The van der Waals surface area contributed by atoms with Crippen molar-refractivity contribution in [3.05, 3.63) is 18.1 Å². The van der Waals surface area contributed by atoms with Crippen LogP contribution in [0, 0.1) is 6.42 Å². The number of hydrogen-bond acceptors (Lipinski definition) is 0. The van der Waals surface area contributed by atoms with Gasteiger partial charge in [-0.05, 0) is 44.9 Å². The van der Waals surface area contributed by atoms with Gasteiger partial charge in [0.2, 0.25) is 0 Å². The van der Waals surface area contributed by atoms with E-state index in [2.05, 4.69) is 19.4 Å². The highest BCUT2D eigenvalue weighted by Crippen LogP contribution is 2.21. The van der Waals surface area contributed by atoms with E-state index in [0.29, 0.717) is 0 Å². The molecule has 0 heterocycles. The lowest BCUT2D eigenvalue weighted by atomic mass is 9.95. The highest BCUT2D eigenvalue weighted by molar-refractivity contribution is 5.07. The predicted molar refractivity (Wildman–Crippen MR) is 64.2 cm³/mol. The Kier molecular flexibility index (Phi) is 6.82. The molecule has 0 aromatic rings. The lowest BCUT2D eigenvalue weighted by Crippen LogP contribution is -1.92. The van der Waals surface area contributed by atoms with Crippen LogP contribution in [0.5, 0.6) is 0 Å². The van der Waals surface area contributed by atoms with Crippen LogP contribution in [0.1, 0.15) is 71.1 Å². The smallest absolute Gasteiger partial charge is 0.0289 e. The summed E-state index contributed by atoms with van der Waals surface area (Å²) in [4.78, 5) is 0. The summed E-state index contributed by atoms with van der Waals surface area (Å²) in [5.41, 5.74) is 1.70. The van der Waals surface area contributed by atoms with E-state index in [-0.39, 0.29) is 0 Å². The molecular weight excluding hydrogens is 168 g/mol. The van der Waals surface area contributed by atoms with Crippen molar-refractivity contribution in [3.8, 4) is 0 Å². The summed E-state index contributed by atoms with van der Waals surface area (Å²) >= 11 is 0. The first-order valence-electron chi connectivity index (χ1n) is 6.43. The second-order valence-corrected chi connectivity index (χ2v) is 4.45. The summed E-state index contributed by atoms with van der Waals surface area (Å²) in [6.45, 7) is 2.27. The van der Waals surface area contributed by atoms with Crippen LogP contribution < -0.4 is 0 Å². The standard InChI is InChI=1S/C14H25/c1-2-3-4-5-6-8-11-14-12-9-7-10-13-14/h8,12H,2-7,9-11,13H2,1H3. The van der Waals surface area contributed by atoms with E-state index in [1.807, 2.05) is 0 Å². The summed E-state index contributed by atoms with van der Waals surface area (Å²) in [6.07, 6.45) is 18.7. The Balaban J connectivity index is 1.90. The van der Waals surface area contributed by atoms with Crippen molar-refractivity contribution in [2.45, 2.75) is 71.1 Å². The lowest BCUT2D eigenvalue weighted by molar-refractivity contribution is 0.644. The van der Waals surface area contributed by atoms with E-state index in [0.717, 1.165) is 0 Å². The minimum atomic E-state index is 1.27. The minimum Gasteiger partial charge on any atom is -0.0853 e. The maximum atomic E-state index is 2.49. The summed E-state index contributed by atoms with van der Waals surface area (Å²) in [5, 5.41) is 0. The van der Waals surface area contributed by atoms with E-state index < -0.39 is 0 Å². The van der Waals surface area contributed by atoms with Crippen molar-refractivity contribution in [3.63, 3.8) is 0 Å². The predicted octanol–water partition coefficient (Wildman–Crippen LogP) is 5.05. The summed E-state index contributed by atoms with van der Waals surface area (Å²) in [7, 11) is 0. The maximum Gasteiger partial charge on any atom is -0.0289 e. The van der Waals surface area contributed by atoms with Gasteiger partial charge in [0, 0.05) is 0 Å². The molecule has 1 aliphatic rings. The number of allylic oxidation sites excluding steroid dienone is 2. The zero-order valence-electron chi connectivity index (χ0n) is 9.73. The normalized spacial score (nSPS) is 16.8.